The molecule has 0 spiro atoms. The molecule has 0 saturated heterocycles. The Morgan fingerprint density at radius 1 is 1.45 bits per heavy atom. The van der Waals surface area contributed by atoms with Crippen molar-refractivity contribution in [2.75, 3.05) is 6.61 Å². The molecule has 0 radical (unpaired) electrons. The van der Waals surface area contributed by atoms with E-state index >= 15 is 0 Å². The minimum atomic E-state index is -2.76. The molecule has 0 fully saturated rings. The lowest BCUT2D eigenvalue weighted by atomic mass is 10.3. The molecule has 0 aliphatic heterocycles. The van der Waals surface area contributed by atoms with Crippen molar-refractivity contribution in [2.24, 2.45) is 0 Å². The Balaban J connectivity index is 3.81. The van der Waals surface area contributed by atoms with Gasteiger partial charge in [-0.1, -0.05) is 6.92 Å². The van der Waals surface area contributed by atoms with Crippen molar-refractivity contribution in [3.63, 3.8) is 0 Å². The van der Waals surface area contributed by atoms with E-state index in [1.807, 2.05) is 6.92 Å². The molecule has 0 bridgehead atoms. The number of hydrogen-bond acceptors (Lipinski definition) is 4. The molecule has 0 amide bonds. The molecule has 3 N–H and O–H groups in total. The van der Waals surface area contributed by atoms with E-state index in [2.05, 4.69) is 0 Å². The fourth-order valence-electron chi connectivity index (χ4n) is 0.381. The predicted octanol–water partition coefficient (Wildman–Crippen LogP) is -0.0525. The van der Waals surface area contributed by atoms with E-state index in [4.69, 9.17) is 20.1 Å². The zero-order valence-corrected chi connectivity index (χ0v) is 6.74. The molecule has 11 heavy (non-hydrogen) atoms. The molecule has 0 rings (SSSR count). The molecule has 0 unspecified atom stereocenters. The van der Waals surface area contributed by atoms with E-state index in [1.54, 1.807) is 0 Å². The van der Waals surface area contributed by atoms with Crippen LogP contribution in [-0.2, 0) is 4.74 Å². The van der Waals surface area contributed by atoms with Gasteiger partial charge in [0.25, 0.3) is 0 Å². The number of aliphatic hydroxyl groups is 3. The number of rotatable bonds is 4. The van der Waals surface area contributed by atoms with Crippen LogP contribution in [-0.4, -0.2) is 27.9 Å². The lowest BCUT2D eigenvalue weighted by Crippen LogP contribution is -2.28. The van der Waals surface area contributed by atoms with Crippen LogP contribution in [0.4, 0.5) is 0 Å². The van der Waals surface area contributed by atoms with Gasteiger partial charge in [-0.3, -0.25) is 0 Å². The standard InChI is InChI=1S/C7H14O4/c1-3-4-11-5-6(2)7(8,9)10/h5,8-10H,3-4H2,1-2H3. The maximum atomic E-state index is 8.55. The van der Waals surface area contributed by atoms with E-state index in [-0.39, 0.29) is 5.57 Å². The maximum Gasteiger partial charge on any atom is 0.303 e. The lowest BCUT2D eigenvalue weighted by molar-refractivity contribution is -0.282. The Hall–Kier alpha value is -0.580. The quantitative estimate of drug-likeness (QED) is 0.308. The van der Waals surface area contributed by atoms with Crippen molar-refractivity contribution in [3.8, 4) is 0 Å². The molecule has 0 aliphatic rings. The van der Waals surface area contributed by atoms with Gasteiger partial charge in [-0.15, -0.1) is 0 Å². The monoisotopic (exact) mass is 162 g/mol. The summed E-state index contributed by atoms with van der Waals surface area (Å²) in [6.45, 7) is 3.77. The average Bonchev–Trinajstić information content (AvgIpc) is 1.86. The van der Waals surface area contributed by atoms with E-state index in [1.165, 1.54) is 6.92 Å². The van der Waals surface area contributed by atoms with Gasteiger partial charge in [0.05, 0.1) is 12.9 Å². The van der Waals surface area contributed by atoms with Crippen LogP contribution in [0.1, 0.15) is 20.3 Å². The van der Waals surface area contributed by atoms with Gasteiger partial charge in [-0.05, 0) is 13.3 Å². The van der Waals surface area contributed by atoms with Crippen molar-refractivity contribution < 1.29 is 20.1 Å². The first kappa shape index (κ1) is 10.4. The summed E-state index contributed by atoms with van der Waals surface area (Å²) in [4.78, 5) is 0. The molecule has 0 aromatic heterocycles. The largest absolute Gasteiger partial charge is 0.501 e. The second-order valence-electron chi connectivity index (χ2n) is 2.31. The highest BCUT2D eigenvalue weighted by Gasteiger charge is 2.20. The smallest absolute Gasteiger partial charge is 0.303 e. The molecule has 0 saturated carbocycles. The first-order valence-corrected chi connectivity index (χ1v) is 3.44. The molecule has 0 aromatic carbocycles. The van der Waals surface area contributed by atoms with Crippen molar-refractivity contribution in [3.05, 3.63) is 11.8 Å². The van der Waals surface area contributed by atoms with Crippen LogP contribution < -0.4 is 0 Å². The third-order valence-electron chi connectivity index (χ3n) is 1.11. The van der Waals surface area contributed by atoms with Crippen LogP contribution in [0.15, 0.2) is 11.8 Å². The summed E-state index contributed by atoms with van der Waals surface area (Å²) >= 11 is 0. The van der Waals surface area contributed by atoms with E-state index in [0.29, 0.717) is 6.61 Å². The molecule has 0 aliphatic carbocycles. The Labute approximate surface area is 65.7 Å². The highest BCUT2D eigenvalue weighted by atomic mass is 16.7. The summed E-state index contributed by atoms with van der Waals surface area (Å²) in [6.07, 6.45) is 1.96. The fourth-order valence-corrected chi connectivity index (χ4v) is 0.381. The summed E-state index contributed by atoms with van der Waals surface area (Å²) in [5, 5.41) is 25.6. The van der Waals surface area contributed by atoms with Crippen LogP contribution in [0.25, 0.3) is 0 Å². The summed E-state index contributed by atoms with van der Waals surface area (Å²) < 4.78 is 4.83. The molecule has 4 nitrogen and oxygen atoms in total. The van der Waals surface area contributed by atoms with E-state index < -0.39 is 5.97 Å². The Morgan fingerprint density at radius 2 is 2.00 bits per heavy atom. The Bertz CT molecular complexity index is 134. The Kier molecular flexibility index (Phi) is 4.10. The van der Waals surface area contributed by atoms with Crippen molar-refractivity contribution in [1.29, 1.82) is 0 Å². The van der Waals surface area contributed by atoms with Crippen LogP contribution >= 0.6 is 0 Å². The second-order valence-corrected chi connectivity index (χ2v) is 2.31. The zero-order valence-electron chi connectivity index (χ0n) is 6.74. The minimum absolute atomic E-state index is 0.0362. The van der Waals surface area contributed by atoms with Crippen molar-refractivity contribution >= 4 is 0 Å². The van der Waals surface area contributed by atoms with Gasteiger partial charge >= 0.3 is 5.97 Å². The fraction of sp³-hybridized carbons (Fsp3) is 0.714. The van der Waals surface area contributed by atoms with Gasteiger partial charge in [-0.25, -0.2) is 0 Å². The third kappa shape index (κ3) is 4.78. The molecule has 0 atom stereocenters. The van der Waals surface area contributed by atoms with Crippen LogP contribution in [0.5, 0.6) is 0 Å². The summed E-state index contributed by atoms with van der Waals surface area (Å²) in [7, 11) is 0. The normalized spacial score (nSPS) is 13.4. The molecule has 0 heterocycles. The number of ether oxygens (including phenoxy) is 1. The van der Waals surface area contributed by atoms with Gasteiger partial charge in [0.2, 0.25) is 0 Å². The molecule has 4 heteroatoms. The summed E-state index contributed by atoms with van der Waals surface area (Å²) in [5.41, 5.74) is -0.0362. The molecule has 0 aromatic rings. The van der Waals surface area contributed by atoms with Crippen LogP contribution in [0.3, 0.4) is 0 Å². The SMILES string of the molecule is CCCOC=C(C)C(O)(O)O. The maximum absolute atomic E-state index is 8.55. The van der Waals surface area contributed by atoms with Crippen LogP contribution in [0.2, 0.25) is 0 Å². The van der Waals surface area contributed by atoms with Gasteiger partial charge < -0.3 is 20.1 Å². The van der Waals surface area contributed by atoms with Crippen LogP contribution in [0, 0.1) is 0 Å². The topological polar surface area (TPSA) is 69.9 Å². The highest BCUT2D eigenvalue weighted by Crippen LogP contribution is 2.08. The van der Waals surface area contributed by atoms with Gasteiger partial charge in [0, 0.05) is 5.57 Å². The lowest BCUT2D eigenvalue weighted by Gasteiger charge is -2.13. The van der Waals surface area contributed by atoms with Crippen molar-refractivity contribution in [2.45, 2.75) is 26.2 Å². The summed E-state index contributed by atoms with van der Waals surface area (Å²) in [5.74, 6) is -2.76. The molecular weight excluding hydrogens is 148 g/mol. The first-order chi connectivity index (χ1) is 4.98. The predicted molar refractivity (Wildman–Crippen MR) is 39.4 cm³/mol. The summed E-state index contributed by atoms with van der Waals surface area (Å²) in [6, 6.07) is 0. The average molecular weight is 162 g/mol. The van der Waals surface area contributed by atoms with Crippen molar-refractivity contribution in [1.82, 2.24) is 0 Å². The molecular formula is C7H14O4. The van der Waals surface area contributed by atoms with Gasteiger partial charge in [-0.2, -0.15) is 0 Å². The van der Waals surface area contributed by atoms with Gasteiger partial charge in [0.15, 0.2) is 0 Å². The van der Waals surface area contributed by atoms with E-state index in [9.17, 15) is 0 Å². The minimum Gasteiger partial charge on any atom is -0.501 e. The zero-order chi connectivity index (χ0) is 8.91. The van der Waals surface area contributed by atoms with E-state index in [0.717, 1.165) is 12.7 Å². The number of hydrogen-bond donors (Lipinski definition) is 3. The van der Waals surface area contributed by atoms with Gasteiger partial charge in [0.1, 0.15) is 0 Å². The third-order valence-corrected chi connectivity index (χ3v) is 1.11. The first-order valence-electron chi connectivity index (χ1n) is 3.44. The Morgan fingerprint density at radius 3 is 2.36 bits per heavy atom. The highest BCUT2D eigenvalue weighted by molar-refractivity contribution is 4.99. The molecule has 66 valence electrons. The second kappa shape index (κ2) is 4.33.